The smallest absolute Gasteiger partial charge is 0.221 e. The van der Waals surface area contributed by atoms with Crippen LogP contribution in [0.25, 0.3) is 0 Å². The summed E-state index contributed by atoms with van der Waals surface area (Å²) >= 11 is 0. The molecule has 0 saturated carbocycles. The average Bonchev–Trinajstić information content (AvgIpc) is 2.55. The standard InChI is InChI=1S/C18H19NO4/c1-13(20)19-16-10-14(8-9-18(16)22-2)11-23-12-17(21)15-6-4-3-5-7-15/h3-10H,11-12H2,1-2H3,(H,19,20). The lowest BCUT2D eigenvalue weighted by molar-refractivity contribution is -0.114. The van der Waals surface area contributed by atoms with Crippen LogP contribution in [0.4, 0.5) is 5.69 Å². The molecule has 5 heteroatoms. The van der Waals surface area contributed by atoms with Crippen molar-refractivity contribution >= 4 is 17.4 Å². The van der Waals surface area contributed by atoms with Crippen molar-refractivity contribution < 1.29 is 19.1 Å². The second-order valence-corrected chi connectivity index (χ2v) is 5.00. The summed E-state index contributed by atoms with van der Waals surface area (Å²) in [6.45, 7) is 1.71. The molecule has 0 aliphatic carbocycles. The number of nitrogens with one attached hydrogen (secondary N) is 1. The zero-order chi connectivity index (χ0) is 16.7. The Morgan fingerprint density at radius 1 is 1.09 bits per heavy atom. The molecule has 0 saturated heterocycles. The van der Waals surface area contributed by atoms with Gasteiger partial charge in [0.25, 0.3) is 0 Å². The number of hydrogen-bond donors (Lipinski definition) is 1. The van der Waals surface area contributed by atoms with Gasteiger partial charge in [-0.25, -0.2) is 0 Å². The van der Waals surface area contributed by atoms with Gasteiger partial charge in [0.05, 0.1) is 19.4 Å². The van der Waals surface area contributed by atoms with Gasteiger partial charge in [0.15, 0.2) is 5.78 Å². The molecule has 0 heterocycles. The number of carbonyl (C=O) groups is 2. The van der Waals surface area contributed by atoms with Crippen LogP contribution in [0.5, 0.6) is 5.75 Å². The molecule has 23 heavy (non-hydrogen) atoms. The van der Waals surface area contributed by atoms with Crippen molar-refractivity contribution in [3.63, 3.8) is 0 Å². The third-order valence-electron chi connectivity index (χ3n) is 3.17. The summed E-state index contributed by atoms with van der Waals surface area (Å²) in [4.78, 5) is 23.2. The number of carbonyl (C=O) groups excluding carboxylic acids is 2. The van der Waals surface area contributed by atoms with Gasteiger partial charge in [-0.2, -0.15) is 0 Å². The van der Waals surface area contributed by atoms with Gasteiger partial charge in [-0.1, -0.05) is 36.4 Å². The first kappa shape index (κ1) is 16.7. The van der Waals surface area contributed by atoms with Crippen LogP contribution < -0.4 is 10.1 Å². The number of benzene rings is 2. The van der Waals surface area contributed by atoms with E-state index in [1.54, 1.807) is 24.3 Å². The Kier molecular flexibility index (Phi) is 5.88. The average molecular weight is 313 g/mol. The summed E-state index contributed by atoms with van der Waals surface area (Å²) in [5, 5.41) is 2.70. The van der Waals surface area contributed by atoms with E-state index in [9.17, 15) is 9.59 Å². The van der Waals surface area contributed by atoms with Crippen molar-refractivity contribution in [3.8, 4) is 5.75 Å². The largest absolute Gasteiger partial charge is 0.495 e. The van der Waals surface area contributed by atoms with E-state index in [0.717, 1.165) is 5.56 Å². The number of hydrogen-bond acceptors (Lipinski definition) is 4. The van der Waals surface area contributed by atoms with E-state index in [0.29, 0.717) is 17.0 Å². The van der Waals surface area contributed by atoms with Crippen molar-refractivity contribution in [2.75, 3.05) is 19.0 Å². The predicted molar refractivity (Wildman–Crippen MR) is 87.7 cm³/mol. The number of amides is 1. The molecule has 0 atom stereocenters. The number of ketones is 1. The Balaban J connectivity index is 1.95. The van der Waals surface area contributed by atoms with E-state index in [-0.39, 0.29) is 24.9 Å². The lowest BCUT2D eigenvalue weighted by atomic mass is 10.1. The molecule has 0 unspecified atom stereocenters. The van der Waals surface area contributed by atoms with Crippen molar-refractivity contribution in [2.24, 2.45) is 0 Å². The van der Waals surface area contributed by atoms with Gasteiger partial charge >= 0.3 is 0 Å². The molecule has 0 radical (unpaired) electrons. The molecule has 0 aliphatic heterocycles. The Hall–Kier alpha value is -2.66. The van der Waals surface area contributed by atoms with Crippen LogP contribution in [-0.4, -0.2) is 25.4 Å². The van der Waals surface area contributed by atoms with Crippen molar-refractivity contribution in [3.05, 3.63) is 59.7 Å². The highest BCUT2D eigenvalue weighted by Crippen LogP contribution is 2.25. The second kappa shape index (κ2) is 8.10. The fourth-order valence-corrected chi connectivity index (χ4v) is 2.10. The molecule has 0 bridgehead atoms. The zero-order valence-electron chi connectivity index (χ0n) is 13.2. The minimum absolute atomic E-state index is 0.00547. The monoisotopic (exact) mass is 313 g/mol. The molecule has 0 aromatic heterocycles. The van der Waals surface area contributed by atoms with Crippen LogP contribution >= 0.6 is 0 Å². The van der Waals surface area contributed by atoms with Gasteiger partial charge in [-0.3, -0.25) is 9.59 Å². The van der Waals surface area contributed by atoms with Gasteiger partial charge in [0.2, 0.25) is 5.91 Å². The van der Waals surface area contributed by atoms with Crippen LogP contribution in [0, 0.1) is 0 Å². The van der Waals surface area contributed by atoms with Crippen LogP contribution in [-0.2, 0) is 16.1 Å². The van der Waals surface area contributed by atoms with E-state index >= 15 is 0 Å². The lowest BCUT2D eigenvalue weighted by Crippen LogP contribution is -2.10. The molecular formula is C18H19NO4. The third-order valence-corrected chi connectivity index (χ3v) is 3.17. The van der Waals surface area contributed by atoms with Gasteiger partial charge in [-0.15, -0.1) is 0 Å². The van der Waals surface area contributed by atoms with E-state index in [1.165, 1.54) is 14.0 Å². The summed E-state index contributed by atoms with van der Waals surface area (Å²) in [5.41, 5.74) is 2.05. The minimum Gasteiger partial charge on any atom is -0.495 e. The first-order valence-corrected chi connectivity index (χ1v) is 7.20. The van der Waals surface area contributed by atoms with E-state index in [4.69, 9.17) is 9.47 Å². The Labute approximate surface area is 135 Å². The van der Waals surface area contributed by atoms with Gasteiger partial charge < -0.3 is 14.8 Å². The van der Waals surface area contributed by atoms with Gasteiger partial charge in [0, 0.05) is 12.5 Å². The molecule has 120 valence electrons. The number of rotatable bonds is 7. The second-order valence-electron chi connectivity index (χ2n) is 5.00. The summed E-state index contributed by atoms with van der Waals surface area (Å²) in [7, 11) is 1.54. The number of anilines is 1. The fraction of sp³-hybridized carbons (Fsp3) is 0.222. The van der Waals surface area contributed by atoms with Crippen molar-refractivity contribution in [1.82, 2.24) is 0 Å². The number of methoxy groups -OCH3 is 1. The lowest BCUT2D eigenvalue weighted by Gasteiger charge is -2.11. The van der Waals surface area contributed by atoms with Gasteiger partial charge in [0.1, 0.15) is 12.4 Å². The Morgan fingerprint density at radius 3 is 2.48 bits per heavy atom. The number of ether oxygens (including phenoxy) is 2. The quantitative estimate of drug-likeness (QED) is 0.798. The van der Waals surface area contributed by atoms with E-state index < -0.39 is 0 Å². The number of Topliss-reactive ketones (excluding diaryl/α,β-unsaturated/α-hetero) is 1. The summed E-state index contributed by atoms with van der Waals surface area (Å²) in [5.74, 6) is 0.325. The molecule has 2 aromatic rings. The zero-order valence-corrected chi connectivity index (χ0v) is 13.2. The van der Waals surface area contributed by atoms with Crippen LogP contribution in [0.3, 0.4) is 0 Å². The van der Waals surface area contributed by atoms with Gasteiger partial charge in [-0.05, 0) is 17.7 Å². The molecule has 2 rings (SSSR count). The minimum atomic E-state index is -0.180. The van der Waals surface area contributed by atoms with Crippen molar-refractivity contribution in [1.29, 1.82) is 0 Å². The first-order valence-electron chi connectivity index (χ1n) is 7.20. The molecule has 5 nitrogen and oxygen atoms in total. The highest BCUT2D eigenvalue weighted by Gasteiger charge is 2.08. The molecule has 2 aromatic carbocycles. The maximum Gasteiger partial charge on any atom is 0.221 e. The first-order chi connectivity index (χ1) is 11.1. The van der Waals surface area contributed by atoms with Crippen LogP contribution in [0.2, 0.25) is 0 Å². The highest BCUT2D eigenvalue weighted by molar-refractivity contribution is 5.97. The summed E-state index contributed by atoms with van der Waals surface area (Å²) < 4.78 is 10.7. The normalized spacial score (nSPS) is 10.2. The molecule has 1 N–H and O–H groups in total. The van der Waals surface area contributed by atoms with E-state index in [2.05, 4.69) is 5.32 Å². The third kappa shape index (κ3) is 4.93. The maximum absolute atomic E-state index is 11.9. The maximum atomic E-state index is 11.9. The Bertz CT molecular complexity index is 683. The highest BCUT2D eigenvalue weighted by atomic mass is 16.5. The molecule has 0 aliphatic rings. The predicted octanol–water partition coefficient (Wildman–Crippen LogP) is 3.05. The SMILES string of the molecule is COc1ccc(COCC(=O)c2ccccc2)cc1NC(C)=O. The topological polar surface area (TPSA) is 64.6 Å². The molecule has 0 fully saturated rings. The van der Waals surface area contributed by atoms with Crippen LogP contribution in [0.1, 0.15) is 22.8 Å². The molecule has 0 spiro atoms. The molecule has 1 amide bonds. The fourth-order valence-electron chi connectivity index (χ4n) is 2.10. The molecular weight excluding hydrogens is 294 g/mol. The summed E-state index contributed by atoms with van der Waals surface area (Å²) in [6.07, 6.45) is 0. The summed E-state index contributed by atoms with van der Waals surface area (Å²) in [6, 6.07) is 14.4. The van der Waals surface area contributed by atoms with E-state index in [1.807, 2.05) is 24.3 Å². The Morgan fingerprint density at radius 2 is 1.83 bits per heavy atom. The van der Waals surface area contributed by atoms with Crippen molar-refractivity contribution in [2.45, 2.75) is 13.5 Å². The van der Waals surface area contributed by atoms with Crippen LogP contribution in [0.15, 0.2) is 48.5 Å².